The molecule has 5 heteroatoms. The average molecular weight is 189 g/mol. The maximum atomic E-state index is 10.2. The summed E-state index contributed by atoms with van der Waals surface area (Å²) in [7, 11) is 0. The monoisotopic (exact) mass is 189 g/mol. The summed E-state index contributed by atoms with van der Waals surface area (Å²) < 4.78 is 3.88. The van der Waals surface area contributed by atoms with Gasteiger partial charge < -0.3 is 4.74 Å². The van der Waals surface area contributed by atoms with Crippen molar-refractivity contribution in [3.8, 4) is 0 Å². The third-order valence-electron chi connectivity index (χ3n) is 0.524. The summed E-state index contributed by atoms with van der Waals surface area (Å²) >= 11 is 0. The van der Waals surface area contributed by atoms with Crippen LogP contribution in [0.2, 0.25) is 0 Å². The maximum Gasteiger partial charge on any atom is 3.00 e. The number of esters is 2. The minimum absolute atomic E-state index is 0. The van der Waals surface area contributed by atoms with Gasteiger partial charge >= 0.3 is 28.7 Å². The molecule has 4 nitrogen and oxygen atoms in total. The molecule has 0 rings (SSSR count). The number of hydrogen-bond acceptors (Lipinski definition) is 4. The second-order valence-corrected chi connectivity index (χ2v) is 1.44. The summed E-state index contributed by atoms with van der Waals surface area (Å²) in [5.74, 6) is -2.65. The van der Waals surface area contributed by atoms with E-state index in [4.69, 9.17) is 0 Å². The molecule has 0 saturated carbocycles. The van der Waals surface area contributed by atoms with Crippen LogP contribution in [0.4, 0.5) is 0 Å². The van der Waals surface area contributed by atoms with E-state index in [1.54, 1.807) is 0 Å². The molecule has 0 aliphatic rings. The zero-order chi connectivity index (χ0) is 7.44. The van der Waals surface area contributed by atoms with Gasteiger partial charge in [-0.25, -0.2) is 4.79 Å². The van der Waals surface area contributed by atoms with Gasteiger partial charge in [-0.2, -0.15) is 0 Å². The number of ketones is 1. The summed E-state index contributed by atoms with van der Waals surface area (Å²) in [6.07, 6.45) is 0. The fourth-order valence-corrected chi connectivity index (χ4v) is 0.202. The second-order valence-electron chi connectivity index (χ2n) is 1.44. The minimum atomic E-state index is -1.11. The standard InChI is InChI=1S/C5H6O4.Co/c1-3(6)5(8)9-4(2)7;/h1-2H3;/q;+3. The Balaban J connectivity index is 0. The van der Waals surface area contributed by atoms with Crippen molar-refractivity contribution in [1.29, 1.82) is 0 Å². The largest absolute Gasteiger partial charge is 3.00 e. The van der Waals surface area contributed by atoms with Crippen LogP contribution in [0.1, 0.15) is 13.8 Å². The van der Waals surface area contributed by atoms with Crippen molar-refractivity contribution in [2.45, 2.75) is 13.8 Å². The number of carbonyl (C=O) groups is 3. The number of rotatable bonds is 1. The van der Waals surface area contributed by atoms with Crippen LogP contribution in [0.3, 0.4) is 0 Å². The molecule has 0 spiro atoms. The van der Waals surface area contributed by atoms with E-state index in [0.29, 0.717) is 0 Å². The Morgan fingerprint density at radius 2 is 1.50 bits per heavy atom. The third kappa shape index (κ3) is 5.45. The zero-order valence-electron chi connectivity index (χ0n) is 5.47. The number of ether oxygens (including phenoxy) is 1. The fraction of sp³-hybridized carbons (Fsp3) is 0.400. The summed E-state index contributed by atoms with van der Waals surface area (Å²) in [6, 6.07) is 0. The first-order valence-corrected chi connectivity index (χ1v) is 2.27. The molecular weight excluding hydrogens is 183 g/mol. The maximum absolute atomic E-state index is 10.2. The van der Waals surface area contributed by atoms with Crippen LogP contribution in [0.25, 0.3) is 0 Å². The number of Topliss-reactive ketones (excluding diaryl/α,β-unsaturated/α-hetero) is 1. The van der Waals surface area contributed by atoms with Gasteiger partial charge in [0, 0.05) is 13.8 Å². The predicted molar refractivity (Wildman–Crippen MR) is 27.5 cm³/mol. The van der Waals surface area contributed by atoms with E-state index in [0.717, 1.165) is 13.8 Å². The van der Waals surface area contributed by atoms with Gasteiger partial charge in [0.15, 0.2) is 0 Å². The first-order chi connectivity index (χ1) is 4.04. The summed E-state index contributed by atoms with van der Waals surface area (Å²) in [5, 5.41) is 0. The molecule has 0 amide bonds. The first-order valence-electron chi connectivity index (χ1n) is 2.27. The fourth-order valence-electron chi connectivity index (χ4n) is 0.202. The van der Waals surface area contributed by atoms with Crippen LogP contribution in [0.15, 0.2) is 0 Å². The molecule has 0 fully saturated rings. The van der Waals surface area contributed by atoms with Crippen molar-refractivity contribution in [3.05, 3.63) is 0 Å². The molecule has 0 aliphatic heterocycles. The topological polar surface area (TPSA) is 60.4 Å². The molecular formula is C5H6CoO4+3. The van der Waals surface area contributed by atoms with Crippen LogP contribution < -0.4 is 0 Å². The van der Waals surface area contributed by atoms with Crippen LogP contribution in [0.5, 0.6) is 0 Å². The van der Waals surface area contributed by atoms with E-state index in [1.165, 1.54) is 0 Å². The molecule has 0 unspecified atom stereocenters. The van der Waals surface area contributed by atoms with Crippen molar-refractivity contribution in [3.63, 3.8) is 0 Å². The average Bonchev–Trinajstić information content (AvgIpc) is 1.63. The first kappa shape index (κ1) is 12.0. The van der Waals surface area contributed by atoms with E-state index < -0.39 is 17.7 Å². The van der Waals surface area contributed by atoms with Gasteiger partial charge in [0.25, 0.3) is 0 Å². The molecule has 0 aromatic carbocycles. The van der Waals surface area contributed by atoms with Crippen molar-refractivity contribution in [1.82, 2.24) is 0 Å². The van der Waals surface area contributed by atoms with Crippen LogP contribution in [-0.4, -0.2) is 17.7 Å². The Hall–Kier alpha value is -0.684. The molecule has 0 aliphatic carbocycles. The van der Waals surface area contributed by atoms with Gasteiger partial charge in [-0.15, -0.1) is 0 Å². The second kappa shape index (κ2) is 5.13. The molecule has 0 aromatic heterocycles. The Morgan fingerprint density at radius 1 is 1.10 bits per heavy atom. The smallest absolute Gasteiger partial charge is 0.387 e. The summed E-state index contributed by atoms with van der Waals surface area (Å²) in [6.45, 7) is 2.09. The molecule has 0 N–H and O–H groups in total. The molecule has 0 radical (unpaired) electrons. The molecule has 0 saturated heterocycles. The van der Waals surface area contributed by atoms with Crippen LogP contribution >= 0.6 is 0 Å². The summed E-state index contributed by atoms with van der Waals surface area (Å²) in [5.41, 5.74) is 0. The number of hydrogen-bond donors (Lipinski definition) is 0. The predicted octanol–water partition coefficient (Wildman–Crippen LogP) is -0.337. The Morgan fingerprint density at radius 3 is 1.60 bits per heavy atom. The zero-order valence-corrected chi connectivity index (χ0v) is 6.51. The van der Waals surface area contributed by atoms with Gasteiger partial charge in [-0.1, -0.05) is 0 Å². The van der Waals surface area contributed by atoms with Crippen molar-refractivity contribution in [2.24, 2.45) is 0 Å². The Bertz CT molecular complexity index is 163. The van der Waals surface area contributed by atoms with E-state index >= 15 is 0 Å². The van der Waals surface area contributed by atoms with E-state index in [-0.39, 0.29) is 16.8 Å². The van der Waals surface area contributed by atoms with Gasteiger partial charge in [-0.3, -0.25) is 9.59 Å². The van der Waals surface area contributed by atoms with E-state index in [9.17, 15) is 14.4 Å². The van der Waals surface area contributed by atoms with Gasteiger partial charge in [-0.05, 0) is 0 Å². The Labute approximate surface area is 68.1 Å². The number of carbonyl (C=O) groups excluding carboxylic acids is 3. The van der Waals surface area contributed by atoms with Gasteiger partial charge in [0.1, 0.15) is 0 Å². The molecule has 0 heterocycles. The van der Waals surface area contributed by atoms with Gasteiger partial charge in [0.2, 0.25) is 5.78 Å². The Kier molecular flexibility index (Phi) is 6.17. The molecule has 56 valence electrons. The van der Waals surface area contributed by atoms with Crippen molar-refractivity contribution in [2.75, 3.05) is 0 Å². The van der Waals surface area contributed by atoms with Crippen molar-refractivity contribution >= 4 is 17.7 Å². The van der Waals surface area contributed by atoms with E-state index in [2.05, 4.69) is 4.74 Å². The van der Waals surface area contributed by atoms with Crippen LogP contribution in [-0.2, 0) is 35.9 Å². The molecule has 0 atom stereocenters. The summed E-state index contributed by atoms with van der Waals surface area (Å²) in [4.78, 5) is 30.2. The molecule has 0 aromatic rings. The molecule has 10 heavy (non-hydrogen) atoms. The normalized spacial score (nSPS) is 7.40. The minimum Gasteiger partial charge on any atom is -0.387 e. The SMILES string of the molecule is CC(=O)OC(=O)C(C)=O.[Co+3]. The third-order valence-corrected chi connectivity index (χ3v) is 0.524. The van der Waals surface area contributed by atoms with E-state index in [1.807, 2.05) is 0 Å². The quantitative estimate of drug-likeness (QED) is 0.321. The van der Waals surface area contributed by atoms with Crippen molar-refractivity contribution < 1.29 is 35.9 Å². The molecule has 0 bridgehead atoms. The van der Waals surface area contributed by atoms with Crippen LogP contribution in [0, 0.1) is 0 Å². The van der Waals surface area contributed by atoms with Gasteiger partial charge in [0.05, 0.1) is 0 Å².